The van der Waals surface area contributed by atoms with Crippen molar-refractivity contribution in [3.05, 3.63) is 83.7 Å². The molecule has 0 bridgehead atoms. The maximum Gasteiger partial charge on any atom is 0.253 e. The fourth-order valence-electron chi connectivity index (χ4n) is 2.49. The SMILES string of the molecule is CN(C)C(=O)c1ccc(CNC(=O)c2ccc(-n3cccn3)cc2)cc1. The number of hydrogen-bond acceptors (Lipinski definition) is 3. The molecular weight excluding hydrogens is 328 g/mol. The van der Waals surface area contributed by atoms with Gasteiger partial charge in [0.05, 0.1) is 5.69 Å². The molecule has 0 radical (unpaired) electrons. The van der Waals surface area contributed by atoms with Gasteiger partial charge < -0.3 is 10.2 Å². The summed E-state index contributed by atoms with van der Waals surface area (Å²) in [5.74, 6) is -0.191. The summed E-state index contributed by atoms with van der Waals surface area (Å²) in [6.07, 6.45) is 3.55. The molecule has 0 fully saturated rings. The molecular formula is C20H20N4O2. The van der Waals surface area contributed by atoms with Gasteiger partial charge in [0, 0.05) is 44.2 Å². The molecule has 0 atom stereocenters. The van der Waals surface area contributed by atoms with Crippen molar-refractivity contribution in [2.45, 2.75) is 6.54 Å². The van der Waals surface area contributed by atoms with E-state index in [4.69, 9.17) is 0 Å². The molecule has 0 spiro atoms. The lowest BCUT2D eigenvalue weighted by atomic mass is 10.1. The highest BCUT2D eigenvalue weighted by molar-refractivity contribution is 5.94. The predicted molar refractivity (Wildman–Crippen MR) is 99.2 cm³/mol. The first-order valence-electron chi connectivity index (χ1n) is 8.23. The highest BCUT2D eigenvalue weighted by Crippen LogP contribution is 2.10. The van der Waals surface area contributed by atoms with Crippen LogP contribution >= 0.6 is 0 Å². The third-order valence-electron chi connectivity index (χ3n) is 3.96. The van der Waals surface area contributed by atoms with Gasteiger partial charge in [-0.05, 0) is 48.0 Å². The monoisotopic (exact) mass is 348 g/mol. The minimum Gasteiger partial charge on any atom is -0.348 e. The number of benzene rings is 2. The Morgan fingerprint density at radius 2 is 1.65 bits per heavy atom. The standard InChI is InChI=1S/C20H20N4O2/c1-23(2)20(26)17-6-4-15(5-7-17)14-21-19(25)16-8-10-18(11-9-16)24-13-3-12-22-24/h3-13H,14H2,1-2H3,(H,21,25). The molecule has 26 heavy (non-hydrogen) atoms. The maximum atomic E-state index is 12.3. The second kappa shape index (κ2) is 7.65. The van der Waals surface area contributed by atoms with Gasteiger partial charge in [-0.1, -0.05) is 12.1 Å². The molecule has 132 valence electrons. The van der Waals surface area contributed by atoms with Crippen molar-refractivity contribution in [2.75, 3.05) is 14.1 Å². The van der Waals surface area contributed by atoms with E-state index in [0.717, 1.165) is 11.3 Å². The lowest BCUT2D eigenvalue weighted by Gasteiger charge is -2.11. The van der Waals surface area contributed by atoms with E-state index in [9.17, 15) is 9.59 Å². The van der Waals surface area contributed by atoms with Crippen LogP contribution in [0.15, 0.2) is 67.0 Å². The number of amides is 2. The molecule has 0 aliphatic carbocycles. The summed E-state index contributed by atoms with van der Waals surface area (Å²) in [6, 6.07) is 16.3. The zero-order chi connectivity index (χ0) is 18.5. The first-order chi connectivity index (χ1) is 12.5. The first kappa shape index (κ1) is 17.4. The molecule has 0 saturated carbocycles. The van der Waals surface area contributed by atoms with Gasteiger partial charge in [0.25, 0.3) is 11.8 Å². The number of rotatable bonds is 5. The predicted octanol–water partition coefficient (Wildman–Crippen LogP) is 2.50. The van der Waals surface area contributed by atoms with Gasteiger partial charge in [-0.15, -0.1) is 0 Å². The lowest BCUT2D eigenvalue weighted by molar-refractivity contribution is 0.0827. The number of nitrogens with one attached hydrogen (secondary N) is 1. The van der Waals surface area contributed by atoms with Crippen LogP contribution in [0.3, 0.4) is 0 Å². The highest BCUT2D eigenvalue weighted by Gasteiger charge is 2.09. The van der Waals surface area contributed by atoms with E-state index in [1.807, 2.05) is 36.5 Å². The van der Waals surface area contributed by atoms with Crippen LogP contribution in [0, 0.1) is 0 Å². The van der Waals surface area contributed by atoms with Crippen LogP contribution in [0.25, 0.3) is 5.69 Å². The van der Waals surface area contributed by atoms with Gasteiger partial charge in [-0.3, -0.25) is 9.59 Å². The summed E-state index contributed by atoms with van der Waals surface area (Å²) < 4.78 is 1.73. The fourth-order valence-corrected chi connectivity index (χ4v) is 2.49. The van der Waals surface area contributed by atoms with E-state index in [0.29, 0.717) is 17.7 Å². The molecule has 3 aromatic rings. The average molecular weight is 348 g/mol. The van der Waals surface area contributed by atoms with Gasteiger partial charge in [0.2, 0.25) is 0 Å². The topological polar surface area (TPSA) is 67.2 Å². The minimum absolute atomic E-state index is 0.0437. The largest absolute Gasteiger partial charge is 0.348 e. The summed E-state index contributed by atoms with van der Waals surface area (Å²) in [5.41, 5.74) is 3.04. The molecule has 0 unspecified atom stereocenters. The van der Waals surface area contributed by atoms with Crippen LogP contribution < -0.4 is 5.32 Å². The fraction of sp³-hybridized carbons (Fsp3) is 0.150. The van der Waals surface area contributed by atoms with Crippen molar-refractivity contribution in [3.8, 4) is 5.69 Å². The second-order valence-electron chi connectivity index (χ2n) is 6.08. The van der Waals surface area contributed by atoms with Crippen LogP contribution in [-0.2, 0) is 6.54 Å². The number of carbonyl (C=O) groups is 2. The van der Waals surface area contributed by atoms with E-state index in [-0.39, 0.29) is 11.8 Å². The molecule has 2 aromatic carbocycles. The average Bonchev–Trinajstić information content (AvgIpc) is 3.21. The van der Waals surface area contributed by atoms with Crippen molar-refractivity contribution < 1.29 is 9.59 Å². The molecule has 2 amide bonds. The van der Waals surface area contributed by atoms with Gasteiger partial charge in [0.15, 0.2) is 0 Å². The number of carbonyl (C=O) groups excluding carboxylic acids is 2. The number of hydrogen-bond donors (Lipinski definition) is 1. The van der Waals surface area contributed by atoms with Gasteiger partial charge in [-0.25, -0.2) is 4.68 Å². The summed E-state index contributed by atoms with van der Waals surface area (Å²) in [7, 11) is 3.43. The summed E-state index contributed by atoms with van der Waals surface area (Å²) in [4.78, 5) is 25.7. The minimum atomic E-state index is -0.148. The highest BCUT2D eigenvalue weighted by atomic mass is 16.2. The van der Waals surface area contributed by atoms with E-state index in [1.54, 1.807) is 49.2 Å². The van der Waals surface area contributed by atoms with Crippen molar-refractivity contribution in [2.24, 2.45) is 0 Å². The van der Waals surface area contributed by atoms with E-state index in [2.05, 4.69) is 10.4 Å². The van der Waals surface area contributed by atoms with Crippen LogP contribution in [0.2, 0.25) is 0 Å². The van der Waals surface area contributed by atoms with E-state index in [1.165, 1.54) is 4.90 Å². The van der Waals surface area contributed by atoms with Crippen LogP contribution in [0.5, 0.6) is 0 Å². The molecule has 0 aliphatic rings. The Bertz CT molecular complexity index is 883. The smallest absolute Gasteiger partial charge is 0.253 e. The van der Waals surface area contributed by atoms with Gasteiger partial charge in [0.1, 0.15) is 0 Å². The van der Waals surface area contributed by atoms with Crippen LogP contribution in [0.1, 0.15) is 26.3 Å². The van der Waals surface area contributed by atoms with E-state index < -0.39 is 0 Å². The molecule has 3 rings (SSSR count). The van der Waals surface area contributed by atoms with Crippen molar-refractivity contribution in [1.29, 1.82) is 0 Å². The van der Waals surface area contributed by atoms with Gasteiger partial charge >= 0.3 is 0 Å². The Morgan fingerprint density at radius 3 is 2.23 bits per heavy atom. The molecule has 6 heteroatoms. The van der Waals surface area contributed by atoms with E-state index >= 15 is 0 Å². The Hall–Kier alpha value is -3.41. The van der Waals surface area contributed by atoms with Crippen molar-refractivity contribution >= 4 is 11.8 Å². The Kier molecular flexibility index (Phi) is 5.12. The van der Waals surface area contributed by atoms with Crippen LogP contribution in [-0.4, -0.2) is 40.6 Å². The lowest BCUT2D eigenvalue weighted by Crippen LogP contribution is -2.23. The Morgan fingerprint density at radius 1 is 1.00 bits per heavy atom. The summed E-state index contributed by atoms with van der Waals surface area (Å²) >= 11 is 0. The Labute approximate surface area is 152 Å². The molecule has 0 aliphatic heterocycles. The molecule has 1 heterocycles. The van der Waals surface area contributed by atoms with Crippen molar-refractivity contribution in [3.63, 3.8) is 0 Å². The summed E-state index contributed by atoms with van der Waals surface area (Å²) in [5, 5.41) is 7.04. The van der Waals surface area contributed by atoms with Gasteiger partial charge in [-0.2, -0.15) is 5.10 Å². The van der Waals surface area contributed by atoms with Crippen molar-refractivity contribution in [1.82, 2.24) is 20.0 Å². The maximum absolute atomic E-state index is 12.3. The van der Waals surface area contributed by atoms with Crippen LogP contribution in [0.4, 0.5) is 0 Å². The number of nitrogens with zero attached hydrogens (tertiary/aromatic N) is 3. The zero-order valence-corrected chi connectivity index (χ0v) is 14.7. The number of aromatic nitrogens is 2. The third kappa shape index (κ3) is 3.97. The Balaban J connectivity index is 1.59. The summed E-state index contributed by atoms with van der Waals surface area (Å²) in [6.45, 7) is 0.399. The molecule has 0 saturated heterocycles. The molecule has 1 N–H and O–H groups in total. The third-order valence-corrected chi connectivity index (χ3v) is 3.96. The quantitative estimate of drug-likeness (QED) is 0.770. The first-order valence-corrected chi connectivity index (χ1v) is 8.23. The molecule has 1 aromatic heterocycles. The zero-order valence-electron chi connectivity index (χ0n) is 14.7. The molecule has 6 nitrogen and oxygen atoms in total. The second-order valence-corrected chi connectivity index (χ2v) is 6.08. The normalized spacial score (nSPS) is 10.4.